The molecule has 0 radical (unpaired) electrons. The lowest BCUT2D eigenvalue weighted by molar-refractivity contribution is 0.171. The Morgan fingerprint density at radius 1 is 0.850 bits per heavy atom. The van der Waals surface area contributed by atoms with Crippen LogP contribution in [0.25, 0.3) is 0 Å². The number of aliphatic hydroxyl groups is 1. The summed E-state index contributed by atoms with van der Waals surface area (Å²) in [5.74, 6) is -6.17. The van der Waals surface area contributed by atoms with Gasteiger partial charge in [0, 0.05) is 18.1 Å². The summed E-state index contributed by atoms with van der Waals surface area (Å²) in [6, 6.07) is 4.10. The molecule has 1 N–H and O–H groups in total. The quantitative estimate of drug-likeness (QED) is 0.675. The molecule has 0 spiro atoms. The molecule has 0 saturated heterocycles. The molecule has 0 bridgehead atoms. The summed E-state index contributed by atoms with van der Waals surface area (Å²) in [5, 5.41) is 9.77. The molecule has 0 aliphatic rings. The maximum atomic E-state index is 13.4. The van der Waals surface area contributed by atoms with Crippen LogP contribution >= 0.6 is 0 Å². The van der Waals surface area contributed by atoms with Crippen LogP contribution in [0.3, 0.4) is 0 Å². The Labute approximate surface area is 111 Å². The van der Waals surface area contributed by atoms with Gasteiger partial charge in [0.1, 0.15) is 5.82 Å². The van der Waals surface area contributed by atoms with Crippen LogP contribution < -0.4 is 0 Å². The van der Waals surface area contributed by atoms with E-state index < -0.39 is 47.2 Å². The Morgan fingerprint density at radius 3 is 2.20 bits per heavy atom. The van der Waals surface area contributed by atoms with E-state index in [1.165, 1.54) is 12.1 Å². The fourth-order valence-corrected chi connectivity index (χ4v) is 1.82. The molecule has 2 aromatic carbocycles. The number of hydrogen-bond acceptors (Lipinski definition) is 1. The number of benzene rings is 2. The largest absolute Gasteiger partial charge is 0.388 e. The molecule has 20 heavy (non-hydrogen) atoms. The maximum absolute atomic E-state index is 13.4. The second-order valence-corrected chi connectivity index (χ2v) is 4.22. The molecule has 0 saturated carbocycles. The standard InChI is InChI=1S/C14H9F5O/c15-9-3-1-2-7(14(9)19)4-13(20)8-5-11(17)12(18)6-10(8)16/h1-3,5-6,13,20H,4H2. The van der Waals surface area contributed by atoms with Gasteiger partial charge < -0.3 is 5.11 Å². The lowest BCUT2D eigenvalue weighted by atomic mass is 10.00. The van der Waals surface area contributed by atoms with E-state index in [1.54, 1.807) is 0 Å². The second kappa shape index (κ2) is 5.58. The normalized spacial score (nSPS) is 12.5. The first-order chi connectivity index (χ1) is 9.40. The monoisotopic (exact) mass is 288 g/mol. The minimum Gasteiger partial charge on any atom is -0.388 e. The highest BCUT2D eigenvalue weighted by Crippen LogP contribution is 2.25. The Kier molecular flexibility index (Phi) is 4.04. The summed E-state index contributed by atoms with van der Waals surface area (Å²) < 4.78 is 65.6. The van der Waals surface area contributed by atoms with Gasteiger partial charge in [-0.2, -0.15) is 0 Å². The number of halogens is 5. The minimum absolute atomic E-state index is 0.193. The molecule has 0 aliphatic heterocycles. The van der Waals surface area contributed by atoms with Crippen LogP contribution in [-0.2, 0) is 6.42 Å². The highest BCUT2D eigenvalue weighted by molar-refractivity contribution is 5.26. The maximum Gasteiger partial charge on any atom is 0.162 e. The molecule has 1 unspecified atom stereocenters. The van der Waals surface area contributed by atoms with Gasteiger partial charge in [-0.1, -0.05) is 12.1 Å². The minimum atomic E-state index is -1.62. The van der Waals surface area contributed by atoms with Crippen LogP contribution in [0.1, 0.15) is 17.2 Å². The summed E-state index contributed by atoms with van der Waals surface area (Å²) in [6.07, 6.45) is -2.09. The lowest BCUT2D eigenvalue weighted by Gasteiger charge is -2.13. The smallest absolute Gasteiger partial charge is 0.162 e. The van der Waals surface area contributed by atoms with Crippen molar-refractivity contribution in [3.63, 3.8) is 0 Å². The first-order valence-electron chi connectivity index (χ1n) is 5.65. The van der Waals surface area contributed by atoms with Crippen molar-refractivity contribution < 1.29 is 27.1 Å². The molecule has 1 atom stereocenters. The summed E-state index contributed by atoms with van der Waals surface area (Å²) in [4.78, 5) is 0. The van der Waals surface area contributed by atoms with Crippen LogP contribution in [-0.4, -0.2) is 5.11 Å². The predicted octanol–water partition coefficient (Wildman–Crippen LogP) is 3.66. The molecule has 0 heterocycles. The van der Waals surface area contributed by atoms with Crippen molar-refractivity contribution in [1.82, 2.24) is 0 Å². The third kappa shape index (κ3) is 2.80. The van der Waals surface area contributed by atoms with E-state index in [0.29, 0.717) is 6.07 Å². The van der Waals surface area contributed by atoms with E-state index in [1.807, 2.05) is 0 Å². The summed E-state index contributed by atoms with van der Waals surface area (Å²) in [6.45, 7) is 0. The second-order valence-electron chi connectivity index (χ2n) is 4.22. The van der Waals surface area contributed by atoms with E-state index in [2.05, 4.69) is 0 Å². The Balaban J connectivity index is 2.31. The van der Waals surface area contributed by atoms with Gasteiger partial charge >= 0.3 is 0 Å². The molecule has 106 valence electrons. The number of aliphatic hydroxyl groups excluding tert-OH is 1. The van der Waals surface area contributed by atoms with Crippen LogP contribution in [0.2, 0.25) is 0 Å². The van der Waals surface area contributed by atoms with Gasteiger partial charge in [0.2, 0.25) is 0 Å². The average Bonchev–Trinajstić information content (AvgIpc) is 2.39. The average molecular weight is 288 g/mol. The van der Waals surface area contributed by atoms with E-state index in [9.17, 15) is 27.1 Å². The summed E-state index contributed by atoms with van der Waals surface area (Å²) >= 11 is 0. The van der Waals surface area contributed by atoms with Crippen molar-refractivity contribution in [2.45, 2.75) is 12.5 Å². The molecule has 2 aromatic rings. The molecule has 0 aliphatic carbocycles. The predicted molar refractivity (Wildman–Crippen MR) is 61.3 cm³/mol. The SMILES string of the molecule is OC(Cc1cccc(F)c1F)c1cc(F)c(F)cc1F. The molecule has 1 nitrogen and oxygen atoms in total. The first kappa shape index (κ1) is 14.5. The van der Waals surface area contributed by atoms with Crippen LogP contribution in [0.15, 0.2) is 30.3 Å². The van der Waals surface area contributed by atoms with Crippen molar-refractivity contribution in [2.24, 2.45) is 0 Å². The van der Waals surface area contributed by atoms with Gasteiger partial charge in [-0.15, -0.1) is 0 Å². The van der Waals surface area contributed by atoms with Gasteiger partial charge in [-0.25, -0.2) is 22.0 Å². The van der Waals surface area contributed by atoms with Crippen LogP contribution in [0.4, 0.5) is 22.0 Å². The van der Waals surface area contributed by atoms with Crippen molar-refractivity contribution >= 4 is 0 Å². The topological polar surface area (TPSA) is 20.2 Å². The lowest BCUT2D eigenvalue weighted by Crippen LogP contribution is -2.08. The fraction of sp³-hybridized carbons (Fsp3) is 0.143. The molecule has 2 rings (SSSR count). The number of rotatable bonds is 3. The summed E-state index contributed by atoms with van der Waals surface area (Å²) in [5.41, 5.74) is -0.714. The van der Waals surface area contributed by atoms with Crippen molar-refractivity contribution in [2.75, 3.05) is 0 Å². The Morgan fingerprint density at radius 2 is 1.50 bits per heavy atom. The molecule has 0 amide bonds. The molecule has 6 heteroatoms. The molecule has 0 aromatic heterocycles. The first-order valence-corrected chi connectivity index (χ1v) is 5.65. The van der Waals surface area contributed by atoms with E-state index in [0.717, 1.165) is 6.07 Å². The third-order valence-electron chi connectivity index (χ3n) is 2.84. The highest BCUT2D eigenvalue weighted by atomic mass is 19.2. The summed E-state index contributed by atoms with van der Waals surface area (Å²) in [7, 11) is 0. The van der Waals surface area contributed by atoms with Gasteiger partial charge in [-0.3, -0.25) is 0 Å². The van der Waals surface area contributed by atoms with Gasteiger partial charge in [0.05, 0.1) is 6.10 Å². The zero-order valence-corrected chi connectivity index (χ0v) is 10.0. The van der Waals surface area contributed by atoms with Gasteiger partial charge in [-0.05, 0) is 17.7 Å². The highest BCUT2D eigenvalue weighted by Gasteiger charge is 2.19. The van der Waals surface area contributed by atoms with Gasteiger partial charge in [0.25, 0.3) is 0 Å². The van der Waals surface area contributed by atoms with E-state index in [-0.39, 0.29) is 11.6 Å². The molecular weight excluding hydrogens is 279 g/mol. The van der Waals surface area contributed by atoms with Crippen LogP contribution in [0, 0.1) is 29.1 Å². The Bertz CT molecular complexity index is 642. The van der Waals surface area contributed by atoms with Crippen molar-refractivity contribution in [1.29, 1.82) is 0 Å². The number of hydrogen-bond donors (Lipinski definition) is 1. The van der Waals surface area contributed by atoms with E-state index in [4.69, 9.17) is 0 Å². The van der Waals surface area contributed by atoms with Crippen LogP contribution in [0.5, 0.6) is 0 Å². The molecule has 0 fully saturated rings. The molecular formula is C14H9F5O. The van der Waals surface area contributed by atoms with E-state index >= 15 is 0 Å². The van der Waals surface area contributed by atoms with Gasteiger partial charge in [0.15, 0.2) is 23.3 Å². The fourth-order valence-electron chi connectivity index (χ4n) is 1.82. The Hall–Kier alpha value is -1.95. The van der Waals surface area contributed by atoms with Crippen molar-refractivity contribution in [3.05, 3.63) is 70.5 Å². The third-order valence-corrected chi connectivity index (χ3v) is 2.84. The van der Waals surface area contributed by atoms with Crippen molar-refractivity contribution in [3.8, 4) is 0 Å². The zero-order chi connectivity index (χ0) is 14.9. The zero-order valence-electron chi connectivity index (χ0n) is 10.0.